The second-order valence-electron chi connectivity index (χ2n) is 6.73. The van der Waals surface area contributed by atoms with Gasteiger partial charge in [0.05, 0.1) is 6.61 Å². The minimum atomic E-state index is 0.735. The van der Waals surface area contributed by atoms with Crippen molar-refractivity contribution in [3.8, 4) is 5.75 Å². The van der Waals surface area contributed by atoms with Gasteiger partial charge >= 0.3 is 0 Å². The molecule has 0 unspecified atom stereocenters. The number of likely N-dealkylation sites (tertiary alicyclic amines) is 1. The first kappa shape index (κ1) is 16.7. The molecule has 2 fully saturated rings. The third-order valence-corrected chi connectivity index (χ3v) is 5.23. The fourth-order valence-electron chi connectivity index (χ4n) is 3.86. The zero-order valence-corrected chi connectivity index (χ0v) is 14.7. The van der Waals surface area contributed by atoms with E-state index in [9.17, 15) is 0 Å². The third kappa shape index (κ3) is 4.46. The molecule has 0 aliphatic carbocycles. The normalized spacial score (nSPS) is 24.2. The van der Waals surface area contributed by atoms with Gasteiger partial charge in [-0.3, -0.25) is 9.80 Å². The molecular weight excluding hydrogens is 286 g/mol. The van der Waals surface area contributed by atoms with Crippen LogP contribution in [0.1, 0.15) is 25.8 Å². The lowest BCUT2D eigenvalue weighted by molar-refractivity contribution is 0.101. The smallest absolute Gasteiger partial charge is 0.119 e. The summed E-state index contributed by atoms with van der Waals surface area (Å²) in [5.41, 5.74) is 1.37. The van der Waals surface area contributed by atoms with Crippen LogP contribution < -0.4 is 4.74 Å². The standard InChI is InChI=1S/C19H31N3O/c1-3-20-10-12-22(13-11-20)18-8-9-21(16-18)15-17-6-5-7-19(14-17)23-4-2/h5-7,14,18H,3-4,8-13,15-16H2,1-2H3/t18-/m0/s1. The van der Waals surface area contributed by atoms with Gasteiger partial charge in [-0.15, -0.1) is 0 Å². The van der Waals surface area contributed by atoms with Crippen LogP contribution in [0.3, 0.4) is 0 Å². The van der Waals surface area contributed by atoms with Gasteiger partial charge < -0.3 is 9.64 Å². The Morgan fingerprint density at radius 3 is 2.61 bits per heavy atom. The fraction of sp³-hybridized carbons (Fsp3) is 0.684. The Bertz CT molecular complexity index is 485. The molecule has 23 heavy (non-hydrogen) atoms. The number of likely N-dealkylation sites (N-methyl/N-ethyl adjacent to an activating group) is 1. The first-order valence-electron chi connectivity index (χ1n) is 9.19. The zero-order chi connectivity index (χ0) is 16.1. The highest BCUT2D eigenvalue weighted by Crippen LogP contribution is 2.21. The molecule has 4 nitrogen and oxygen atoms in total. The molecule has 4 heteroatoms. The monoisotopic (exact) mass is 317 g/mol. The maximum absolute atomic E-state index is 5.62. The van der Waals surface area contributed by atoms with Crippen molar-refractivity contribution in [3.63, 3.8) is 0 Å². The lowest BCUT2D eigenvalue weighted by Gasteiger charge is -2.37. The highest BCUT2D eigenvalue weighted by atomic mass is 16.5. The van der Waals surface area contributed by atoms with E-state index in [-0.39, 0.29) is 0 Å². The first-order valence-corrected chi connectivity index (χ1v) is 9.19. The molecule has 1 aromatic rings. The van der Waals surface area contributed by atoms with Crippen LogP contribution >= 0.6 is 0 Å². The minimum absolute atomic E-state index is 0.735. The molecule has 0 radical (unpaired) electrons. The molecule has 2 heterocycles. The van der Waals surface area contributed by atoms with Gasteiger partial charge in [-0.05, 0) is 37.6 Å². The number of piperazine rings is 1. The van der Waals surface area contributed by atoms with E-state index >= 15 is 0 Å². The van der Waals surface area contributed by atoms with Crippen LogP contribution in [0.25, 0.3) is 0 Å². The predicted molar refractivity (Wildman–Crippen MR) is 95.0 cm³/mol. The van der Waals surface area contributed by atoms with Crippen LogP contribution in [-0.4, -0.2) is 73.2 Å². The van der Waals surface area contributed by atoms with E-state index in [4.69, 9.17) is 4.74 Å². The average molecular weight is 317 g/mol. The van der Waals surface area contributed by atoms with Gasteiger partial charge in [0.1, 0.15) is 5.75 Å². The zero-order valence-electron chi connectivity index (χ0n) is 14.7. The molecule has 128 valence electrons. The number of ether oxygens (including phenoxy) is 1. The molecule has 1 atom stereocenters. The van der Waals surface area contributed by atoms with Gasteiger partial charge in [-0.25, -0.2) is 0 Å². The number of hydrogen-bond acceptors (Lipinski definition) is 4. The average Bonchev–Trinajstić information content (AvgIpc) is 3.04. The Hall–Kier alpha value is -1.10. The number of benzene rings is 1. The van der Waals surface area contributed by atoms with Crippen molar-refractivity contribution < 1.29 is 4.74 Å². The second-order valence-corrected chi connectivity index (χ2v) is 6.73. The van der Waals surface area contributed by atoms with E-state index in [2.05, 4.69) is 39.8 Å². The maximum Gasteiger partial charge on any atom is 0.119 e. The summed E-state index contributed by atoms with van der Waals surface area (Å²) < 4.78 is 5.62. The van der Waals surface area contributed by atoms with Crippen LogP contribution in [0.4, 0.5) is 0 Å². The van der Waals surface area contributed by atoms with E-state index in [1.807, 2.05) is 13.0 Å². The van der Waals surface area contributed by atoms with Crippen molar-refractivity contribution in [2.75, 3.05) is 52.4 Å². The van der Waals surface area contributed by atoms with Crippen molar-refractivity contribution >= 4 is 0 Å². The van der Waals surface area contributed by atoms with Crippen molar-refractivity contribution in [1.82, 2.24) is 14.7 Å². The molecule has 0 amide bonds. The minimum Gasteiger partial charge on any atom is -0.494 e. The number of nitrogens with zero attached hydrogens (tertiary/aromatic N) is 3. The van der Waals surface area contributed by atoms with E-state index in [0.29, 0.717) is 0 Å². The number of hydrogen-bond donors (Lipinski definition) is 0. The molecule has 0 bridgehead atoms. The van der Waals surface area contributed by atoms with E-state index in [1.54, 1.807) is 0 Å². The first-order chi connectivity index (χ1) is 11.3. The van der Waals surface area contributed by atoms with Crippen molar-refractivity contribution in [2.24, 2.45) is 0 Å². The van der Waals surface area contributed by atoms with Crippen molar-refractivity contribution in [1.29, 1.82) is 0 Å². The summed E-state index contributed by atoms with van der Waals surface area (Å²) in [6.45, 7) is 14.7. The number of rotatable bonds is 6. The van der Waals surface area contributed by atoms with Crippen LogP contribution in [0, 0.1) is 0 Å². The summed E-state index contributed by atoms with van der Waals surface area (Å²) in [6, 6.07) is 9.32. The fourth-order valence-corrected chi connectivity index (χ4v) is 3.86. The highest BCUT2D eigenvalue weighted by molar-refractivity contribution is 5.28. The molecule has 0 N–H and O–H groups in total. The predicted octanol–water partition coefficient (Wildman–Crippen LogP) is 2.30. The van der Waals surface area contributed by atoms with Gasteiger partial charge in [-0.2, -0.15) is 0 Å². The Morgan fingerprint density at radius 1 is 1.04 bits per heavy atom. The molecule has 0 saturated carbocycles. The molecule has 2 saturated heterocycles. The van der Waals surface area contributed by atoms with Gasteiger partial charge in [0.15, 0.2) is 0 Å². The highest BCUT2D eigenvalue weighted by Gasteiger charge is 2.29. The lowest BCUT2D eigenvalue weighted by Crippen LogP contribution is -2.50. The van der Waals surface area contributed by atoms with Crippen LogP contribution in [0.5, 0.6) is 5.75 Å². The van der Waals surface area contributed by atoms with Gasteiger partial charge in [0.2, 0.25) is 0 Å². The third-order valence-electron chi connectivity index (χ3n) is 5.23. The van der Waals surface area contributed by atoms with Gasteiger partial charge in [0, 0.05) is 51.9 Å². The van der Waals surface area contributed by atoms with E-state index in [1.165, 1.54) is 57.8 Å². The Morgan fingerprint density at radius 2 is 1.87 bits per heavy atom. The van der Waals surface area contributed by atoms with Gasteiger partial charge in [-0.1, -0.05) is 19.1 Å². The van der Waals surface area contributed by atoms with Gasteiger partial charge in [0.25, 0.3) is 0 Å². The van der Waals surface area contributed by atoms with Crippen molar-refractivity contribution in [3.05, 3.63) is 29.8 Å². The molecule has 3 rings (SSSR count). The Balaban J connectivity index is 1.49. The summed E-state index contributed by atoms with van der Waals surface area (Å²) >= 11 is 0. The van der Waals surface area contributed by atoms with E-state index < -0.39 is 0 Å². The summed E-state index contributed by atoms with van der Waals surface area (Å²) in [5.74, 6) is 0.997. The second kappa shape index (κ2) is 8.13. The summed E-state index contributed by atoms with van der Waals surface area (Å²) in [7, 11) is 0. The van der Waals surface area contributed by atoms with Crippen LogP contribution in [-0.2, 0) is 6.54 Å². The SMILES string of the molecule is CCOc1cccc(CN2CC[C@H](N3CCN(CC)CC3)C2)c1. The molecule has 0 aromatic heterocycles. The molecule has 1 aromatic carbocycles. The summed E-state index contributed by atoms with van der Waals surface area (Å²) in [6.07, 6.45) is 1.32. The topological polar surface area (TPSA) is 19.0 Å². The lowest BCUT2D eigenvalue weighted by atomic mass is 10.2. The van der Waals surface area contributed by atoms with E-state index in [0.717, 1.165) is 24.9 Å². The molecular formula is C19H31N3O. The van der Waals surface area contributed by atoms with Crippen LogP contribution in [0.15, 0.2) is 24.3 Å². The summed E-state index contributed by atoms with van der Waals surface area (Å²) in [5, 5.41) is 0. The molecule has 2 aliphatic heterocycles. The largest absolute Gasteiger partial charge is 0.494 e. The van der Waals surface area contributed by atoms with Crippen LogP contribution in [0.2, 0.25) is 0 Å². The van der Waals surface area contributed by atoms with Crippen molar-refractivity contribution in [2.45, 2.75) is 32.9 Å². The molecule has 0 spiro atoms. The maximum atomic E-state index is 5.62. The molecule has 2 aliphatic rings. The Kier molecular flexibility index (Phi) is 5.92. The Labute approximate surface area is 141 Å². The quantitative estimate of drug-likeness (QED) is 0.801. The summed E-state index contributed by atoms with van der Waals surface area (Å²) in [4.78, 5) is 7.87.